The minimum Gasteiger partial charge on any atom is -0.479 e. The lowest BCUT2D eigenvalue weighted by molar-refractivity contribution is -0.142. The summed E-state index contributed by atoms with van der Waals surface area (Å²) >= 11 is 0. The molecule has 1 aliphatic rings. The van der Waals surface area contributed by atoms with E-state index in [0.717, 1.165) is 16.7 Å². The molecule has 0 radical (unpaired) electrons. The van der Waals surface area contributed by atoms with Crippen LogP contribution in [0.1, 0.15) is 23.1 Å². The summed E-state index contributed by atoms with van der Waals surface area (Å²) in [5.74, 6) is -1.31. The van der Waals surface area contributed by atoms with Crippen molar-refractivity contribution in [1.29, 1.82) is 0 Å². The number of aryl methyl sites for hydroxylation is 2. The fourth-order valence-electron chi connectivity index (χ4n) is 3.07. The molecule has 4 heteroatoms. The van der Waals surface area contributed by atoms with E-state index in [9.17, 15) is 14.3 Å². The van der Waals surface area contributed by atoms with Crippen LogP contribution in [0, 0.1) is 12.7 Å². The first kappa shape index (κ1) is 13.6. The maximum Gasteiger partial charge on any atom is 0.334 e. The van der Waals surface area contributed by atoms with Crippen molar-refractivity contribution in [3.05, 3.63) is 65.0 Å². The molecule has 21 heavy (non-hydrogen) atoms. The number of fused-ring (bicyclic) bond motifs is 1. The van der Waals surface area contributed by atoms with Crippen molar-refractivity contribution in [2.24, 2.45) is 0 Å². The Morgan fingerprint density at radius 2 is 2.05 bits per heavy atom. The third kappa shape index (κ3) is 2.27. The van der Waals surface area contributed by atoms with E-state index in [-0.39, 0.29) is 5.82 Å². The molecular weight excluding hydrogens is 269 g/mol. The number of nitrogens with one attached hydrogen (secondary N) is 1. The maximum absolute atomic E-state index is 13.5. The summed E-state index contributed by atoms with van der Waals surface area (Å²) in [4.78, 5) is 11.9. The van der Waals surface area contributed by atoms with E-state index in [2.05, 4.69) is 5.32 Å². The molecule has 2 aromatic carbocycles. The van der Waals surface area contributed by atoms with E-state index in [4.69, 9.17) is 0 Å². The van der Waals surface area contributed by atoms with Gasteiger partial charge in [0.15, 0.2) is 5.54 Å². The van der Waals surface area contributed by atoms with Gasteiger partial charge in [-0.1, -0.05) is 24.3 Å². The van der Waals surface area contributed by atoms with Crippen LogP contribution in [0.5, 0.6) is 0 Å². The summed E-state index contributed by atoms with van der Waals surface area (Å²) in [7, 11) is 0. The second kappa shape index (κ2) is 4.88. The number of rotatable bonds is 3. The number of anilines is 1. The van der Waals surface area contributed by atoms with Crippen LogP contribution in [-0.4, -0.2) is 11.1 Å². The molecular formula is C17H16FNO2. The summed E-state index contributed by atoms with van der Waals surface area (Å²) in [5.41, 5.74) is 1.85. The lowest BCUT2D eigenvalue weighted by Crippen LogP contribution is -2.41. The highest BCUT2D eigenvalue weighted by Gasteiger charge is 2.45. The summed E-state index contributed by atoms with van der Waals surface area (Å²) in [6, 6.07) is 12.0. The Morgan fingerprint density at radius 1 is 1.29 bits per heavy atom. The topological polar surface area (TPSA) is 49.3 Å². The molecule has 3 rings (SSSR count). The van der Waals surface area contributed by atoms with Crippen molar-refractivity contribution in [3.63, 3.8) is 0 Å². The molecule has 2 aromatic rings. The monoisotopic (exact) mass is 285 g/mol. The number of carbonyl (C=O) groups is 1. The Morgan fingerprint density at radius 3 is 2.76 bits per heavy atom. The zero-order valence-electron chi connectivity index (χ0n) is 11.7. The Hall–Kier alpha value is -2.36. The third-order valence-electron chi connectivity index (χ3n) is 4.01. The van der Waals surface area contributed by atoms with Crippen molar-refractivity contribution in [2.75, 3.05) is 5.32 Å². The van der Waals surface area contributed by atoms with Gasteiger partial charge in [0.1, 0.15) is 5.82 Å². The fourth-order valence-corrected chi connectivity index (χ4v) is 3.07. The van der Waals surface area contributed by atoms with Crippen molar-refractivity contribution < 1.29 is 14.3 Å². The summed E-state index contributed by atoms with van der Waals surface area (Å²) in [6.07, 6.45) is 1.15. The number of benzene rings is 2. The predicted molar refractivity (Wildman–Crippen MR) is 78.8 cm³/mol. The van der Waals surface area contributed by atoms with Crippen LogP contribution in [0.15, 0.2) is 42.5 Å². The first-order chi connectivity index (χ1) is 10.0. The molecule has 1 unspecified atom stereocenters. The van der Waals surface area contributed by atoms with Gasteiger partial charge in [-0.3, -0.25) is 0 Å². The SMILES string of the molecule is Cc1cc(F)cc(NC2(C(=O)O)CCc3ccccc32)c1. The van der Waals surface area contributed by atoms with Crippen LogP contribution in [0.4, 0.5) is 10.1 Å². The zero-order valence-corrected chi connectivity index (χ0v) is 11.7. The van der Waals surface area contributed by atoms with E-state index >= 15 is 0 Å². The van der Waals surface area contributed by atoms with Gasteiger partial charge in [-0.05, 0) is 54.7 Å². The predicted octanol–water partition coefficient (Wildman–Crippen LogP) is 3.47. The average Bonchev–Trinajstić information content (AvgIpc) is 2.78. The summed E-state index contributed by atoms with van der Waals surface area (Å²) in [5, 5.41) is 12.8. The number of hydrogen-bond donors (Lipinski definition) is 2. The minimum absolute atomic E-state index is 0.371. The average molecular weight is 285 g/mol. The van der Waals surface area contributed by atoms with Gasteiger partial charge >= 0.3 is 5.97 Å². The van der Waals surface area contributed by atoms with E-state index in [1.165, 1.54) is 12.1 Å². The highest BCUT2D eigenvalue weighted by molar-refractivity contribution is 5.86. The zero-order chi connectivity index (χ0) is 15.0. The molecule has 0 saturated heterocycles. The Kier molecular flexibility index (Phi) is 3.16. The quantitative estimate of drug-likeness (QED) is 0.907. The van der Waals surface area contributed by atoms with Crippen LogP contribution in [0.2, 0.25) is 0 Å². The number of carboxylic acid groups (broad SMARTS) is 1. The summed E-state index contributed by atoms with van der Waals surface area (Å²) < 4.78 is 13.5. The molecule has 3 nitrogen and oxygen atoms in total. The first-order valence-electron chi connectivity index (χ1n) is 6.88. The molecule has 108 valence electrons. The van der Waals surface area contributed by atoms with Crippen LogP contribution in [0.3, 0.4) is 0 Å². The highest BCUT2D eigenvalue weighted by atomic mass is 19.1. The molecule has 0 spiro atoms. The molecule has 2 N–H and O–H groups in total. The Balaban J connectivity index is 2.06. The summed E-state index contributed by atoms with van der Waals surface area (Å²) in [6.45, 7) is 1.78. The molecule has 1 aliphatic carbocycles. The van der Waals surface area contributed by atoms with Crippen molar-refractivity contribution in [3.8, 4) is 0 Å². The van der Waals surface area contributed by atoms with Crippen LogP contribution in [0.25, 0.3) is 0 Å². The largest absolute Gasteiger partial charge is 0.479 e. The van der Waals surface area contributed by atoms with Crippen LogP contribution < -0.4 is 5.32 Å². The fraction of sp³-hybridized carbons (Fsp3) is 0.235. The van der Waals surface area contributed by atoms with E-state index in [1.807, 2.05) is 24.3 Å². The minimum atomic E-state index is -1.18. The van der Waals surface area contributed by atoms with Crippen LogP contribution in [-0.2, 0) is 16.8 Å². The molecule has 0 aromatic heterocycles. The second-order valence-corrected chi connectivity index (χ2v) is 5.51. The maximum atomic E-state index is 13.5. The first-order valence-corrected chi connectivity index (χ1v) is 6.88. The Bertz CT molecular complexity index is 693. The van der Waals surface area contributed by atoms with Crippen LogP contribution >= 0.6 is 0 Å². The molecule has 0 bridgehead atoms. The lowest BCUT2D eigenvalue weighted by atomic mass is 9.91. The van der Waals surface area contributed by atoms with Gasteiger partial charge in [0, 0.05) is 5.69 Å². The standard InChI is InChI=1S/C17H16FNO2/c1-11-8-13(18)10-14(9-11)19-17(16(20)21)7-6-12-4-2-3-5-15(12)17/h2-5,8-10,19H,6-7H2,1H3,(H,20,21). The van der Waals surface area contributed by atoms with Crippen molar-refractivity contribution in [2.45, 2.75) is 25.3 Å². The van der Waals surface area contributed by atoms with E-state index < -0.39 is 11.5 Å². The lowest BCUT2D eigenvalue weighted by Gasteiger charge is -2.28. The van der Waals surface area contributed by atoms with Gasteiger partial charge < -0.3 is 10.4 Å². The molecule has 0 heterocycles. The molecule has 1 atom stereocenters. The number of aliphatic carboxylic acids is 1. The number of carboxylic acids is 1. The number of hydrogen-bond acceptors (Lipinski definition) is 2. The second-order valence-electron chi connectivity index (χ2n) is 5.51. The van der Waals surface area contributed by atoms with Gasteiger partial charge in [-0.25, -0.2) is 9.18 Å². The molecule has 0 saturated carbocycles. The highest BCUT2D eigenvalue weighted by Crippen LogP contribution is 2.40. The molecule has 0 aliphatic heterocycles. The van der Waals surface area contributed by atoms with Gasteiger partial charge in [-0.15, -0.1) is 0 Å². The van der Waals surface area contributed by atoms with Gasteiger partial charge in [-0.2, -0.15) is 0 Å². The van der Waals surface area contributed by atoms with Crippen molar-refractivity contribution >= 4 is 11.7 Å². The van der Waals surface area contributed by atoms with Gasteiger partial charge in [0.2, 0.25) is 0 Å². The normalized spacial score (nSPS) is 20.1. The molecule has 0 fully saturated rings. The Labute approximate surface area is 122 Å². The molecule has 0 amide bonds. The smallest absolute Gasteiger partial charge is 0.334 e. The van der Waals surface area contributed by atoms with Gasteiger partial charge in [0.25, 0.3) is 0 Å². The van der Waals surface area contributed by atoms with Gasteiger partial charge in [0.05, 0.1) is 0 Å². The third-order valence-corrected chi connectivity index (χ3v) is 4.01. The van der Waals surface area contributed by atoms with E-state index in [1.54, 1.807) is 13.0 Å². The van der Waals surface area contributed by atoms with Crippen molar-refractivity contribution in [1.82, 2.24) is 0 Å². The van der Waals surface area contributed by atoms with E-state index in [0.29, 0.717) is 18.5 Å². The number of halogens is 1.